The fourth-order valence-corrected chi connectivity index (χ4v) is 5.68. The quantitative estimate of drug-likeness (QED) is 0.177. The van der Waals surface area contributed by atoms with Crippen molar-refractivity contribution in [1.29, 1.82) is 0 Å². The first-order valence-electron chi connectivity index (χ1n) is 13.2. The van der Waals surface area contributed by atoms with Crippen LogP contribution in [0.3, 0.4) is 0 Å². The molecule has 39 heavy (non-hydrogen) atoms. The average molecular weight is 503 g/mol. The number of hydrogen-bond donors (Lipinski definition) is 2. The van der Waals surface area contributed by atoms with Crippen molar-refractivity contribution in [2.45, 2.75) is 5.41 Å². The summed E-state index contributed by atoms with van der Waals surface area (Å²) in [5, 5.41) is 0. The lowest BCUT2D eigenvalue weighted by Crippen LogP contribution is -2.31. The average Bonchev–Trinajstić information content (AvgIpc) is 2.99. The Hall–Kier alpha value is -5.08. The number of nitrogens with two attached hydrogens (primary N) is 2. The summed E-state index contributed by atoms with van der Waals surface area (Å²) in [7, 11) is 0. The maximum Gasteiger partial charge on any atom is 0.0702 e. The normalized spacial score (nSPS) is 11.3. The SMILES string of the molecule is Nc1cccc(-c2cc(-c3cccc(N)c3)cc(C(c3ccccc3)(c3ccccc3)c3ccccc3)c2)c1. The second-order valence-electron chi connectivity index (χ2n) is 9.90. The van der Waals surface area contributed by atoms with E-state index >= 15 is 0 Å². The van der Waals surface area contributed by atoms with Gasteiger partial charge in [-0.2, -0.15) is 0 Å². The fourth-order valence-electron chi connectivity index (χ4n) is 5.68. The maximum atomic E-state index is 6.25. The highest BCUT2D eigenvalue weighted by molar-refractivity contribution is 5.79. The molecule has 0 fully saturated rings. The van der Waals surface area contributed by atoms with Crippen LogP contribution in [0.4, 0.5) is 11.4 Å². The molecule has 0 heterocycles. The van der Waals surface area contributed by atoms with Crippen molar-refractivity contribution in [2.75, 3.05) is 11.5 Å². The molecule has 0 saturated heterocycles. The molecule has 2 heteroatoms. The highest BCUT2D eigenvalue weighted by Crippen LogP contribution is 2.47. The summed E-state index contributed by atoms with van der Waals surface area (Å²) in [4.78, 5) is 0. The summed E-state index contributed by atoms with van der Waals surface area (Å²) in [5.41, 5.74) is 22.5. The number of anilines is 2. The van der Waals surface area contributed by atoms with Crippen LogP contribution >= 0.6 is 0 Å². The number of hydrogen-bond acceptors (Lipinski definition) is 2. The van der Waals surface area contributed by atoms with Gasteiger partial charge in [0.05, 0.1) is 5.41 Å². The van der Waals surface area contributed by atoms with Gasteiger partial charge in [0.15, 0.2) is 0 Å². The minimum atomic E-state index is -0.560. The van der Waals surface area contributed by atoms with E-state index in [0.717, 1.165) is 33.6 Å². The van der Waals surface area contributed by atoms with Crippen molar-refractivity contribution in [3.05, 3.63) is 180 Å². The van der Waals surface area contributed by atoms with Gasteiger partial charge in [0, 0.05) is 11.4 Å². The summed E-state index contributed by atoms with van der Waals surface area (Å²) in [6, 6.07) is 55.4. The third-order valence-corrected chi connectivity index (χ3v) is 7.43. The van der Waals surface area contributed by atoms with Gasteiger partial charge < -0.3 is 11.5 Å². The minimum absolute atomic E-state index is 0.560. The van der Waals surface area contributed by atoms with Gasteiger partial charge in [-0.25, -0.2) is 0 Å². The van der Waals surface area contributed by atoms with Crippen molar-refractivity contribution < 1.29 is 0 Å². The van der Waals surface area contributed by atoms with Crippen molar-refractivity contribution in [3.8, 4) is 22.3 Å². The predicted octanol–water partition coefficient (Wildman–Crippen LogP) is 8.57. The molecule has 0 aliphatic rings. The molecule has 0 saturated carbocycles. The molecule has 0 aliphatic heterocycles. The van der Waals surface area contributed by atoms with E-state index < -0.39 is 5.41 Å². The standard InChI is InChI=1S/C37H30N2/c38-35-20-10-12-27(25-35)29-22-30(28-13-11-21-36(39)26-28)24-34(23-29)37(31-14-4-1-5-15-31,32-16-6-2-7-17-32)33-18-8-3-9-19-33/h1-26H,38-39H2. The van der Waals surface area contributed by atoms with Crippen LogP contribution in [0.15, 0.2) is 158 Å². The van der Waals surface area contributed by atoms with Crippen LogP contribution in [0.5, 0.6) is 0 Å². The monoisotopic (exact) mass is 502 g/mol. The maximum absolute atomic E-state index is 6.25. The zero-order valence-corrected chi connectivity index (χ0v) is 21.7. The smallest absolute Gasteiger partial charge is 0.0702 e. The van der Waals surface area contributed by atoms with Crippen LogP contribution in [0.2, 0.25) is 0 Å². The third kappa shape index (κ3) is 4.58. The molecular weight excluding hydrogens is 472 g/mol. The van der Waals surface area contributed by atoms with Crippen LogP contribution in [-0.2, 0) is 5.41 Å². The summed E-state index contributed by atoms with van der Waals surface area (Å²) in [5.74, 6) is 0. The van der Waals surface area contributed by atoms with Crippen LogP contribution in [0.25, 0.3) is 22.3 Å². The number of nitrogen functional groups attached to an aromatic ring is 2. The van der Waals surface area contributed by atoms with Crippen molar-refractivity contribution in [2.24, 2.45) is 0 Å². The van der Waals surface area contributed by atoms with E-state index in [2.05, 4.69) is 121 Å². The van der Waals surface area contributed by atoms with Gasteiger partial charge in [-0.15, -0.1) is 0 Å². The molecule has 0 radical (unpaired) electrons. The van der Waals surface area contributed by atoms with E-state index in [-0.39, 0.29) is 0 Å². The molecule has 6 aromatic rings. The molecule has 0 unspecified atom stereocenters. The van der Waals surface area contributed by atoms with E-state index in [0.29, 0.717) is 0 Å². The number of benzene rings is 6. The second kappa shape index (κ2) is 10.4. The first-order valence-corrected chi connectivity index (χ1v) is 13.2. The Morgan fingerprint density at radius 1 is 0.308 bits per heavy atom. The zero-order chi connectivity index (χ0) is 26.7. The fraction of sp³-hybridized carbons (Fsp3) is 0.0270. The highest BCUT2D eigenvalue weighted by atomic mass is 14.5. The molecule has 6 rings (SSSR count). The lowest BCUT2D eigenvalue weighted by Gasteiger charge is -2.37. The molecule has 0 spiro atoms. The van der Waals surface area contributed by atoms with Crippen LogP contribution in [0, 0.1) is 0 Å². The Bertz CT molecular complexity index is 1550. The van der Waals surface area contributed by atoms with Crippen molar-refractivity contribution in [3.63, 3.8) is 0 Å². The van der Waals surface area contributed by atoms with Gasteiger partial charge in [-0.05, 0) is 87.0 Å². The van der Waals surface area contributed by atoms with E-state index in [4.69, 9.17) is 11.5 Å². The second-order valence-corrected chi connectivity index (χ2v) is 9.90. The summed E-state index contributed by atoms with van der Waals surface area (Å²) < 4.78 is 0. The highest BCUT2D eigenvalue weighted by Gasteiger charge is 2.38. The Morgan fingerprint density at radius 3 is 1.05 bits per heavy atom. The van der Waals surface area contributed by atoms with E-state index in [1.807, 2.05) is 36.4 Å². The summed E-state index contributed by atoms with van der Waals surface area (Å²) in [6.07, 6.45) is 0. The van der Waals surface area contributed by atoms with Gasteiger partial charge in [0.2, 0.25) is 0 Å². The Morgan fingerprint density at radius 2 is 0.692 bits per heavy atom. The molecule has 188 valence electrons. The van der Waals surface area contributed by atoms with Crippen LogP contribution in [-0.4, -0.2) is 0 Å². The summed E-state index contributed by atoms with van der Waals surface area (Å²) in [6.45, 7) is 0. The topological polar surface area (TPSA) is 52.0 Å². The Labute approximate surface area is 230 Å². The van der Waals surface area contributed by atoms with Gasteiger partial charge in [0.1, 0.15) is 0 Å². The molecule has 0 amide bonds. The summed E-state index contributed by atoms with van der Waals surface area (Å²) >= 11 is 0. The molecule has 0 aromatic heterocycles. The molecule has 0 bridgehead atoms. The lowest BCUT2D eigenvalue weighted by atomic mass is 9.64. The molecule has 0 aliphatic carbocycles. The van der Waals surface area contributed by atoms with Crippen molar-refractivity contribution >= 4 is 11.4 Å². The first-order chi connectivity index (χ1) is 19.1. The van der Waals surface area contributed by atoms with E-state index in [1.165, 1.54) is 22.3 Å². The lowest BCUT2D eigenvalue weighted by molar-refractivity contribution is 0.746. The molecule has 2 nitrogen and oxygen atoms in total. The molecule has 6 aromatic carbocycles. The van der Waals surface area contributed by atoms with Gasteiger partial charge in [-0.1, -0.05) is 115 Å². The van der Waals surface area contributed by atoms with E-state index in [1.54, 1.807) is 0 Å². The minimum Gasteiger partial charge on any atom is -0.399 e. The zero-order valence-electron chi connectivity index (χ0n) is 21.7. The van der Waals surface area contributed by atoms with Crippen LogP contribution in [0.1, 0.15) is 22.3 Å². The Kier molecular flexibility index (Phi) is 6.44. The predicted molar refractivity (Wildman–Crippen MR) is 164 cm³/mol. The van der Waals surface area contributed by atoms with Crippen LogP contribution < -0.4 is 11.5 Å². The molecule has 4 N–H and O–H groups in total. The van der Waals surface area contributed by atoms with Gasteiger partial charge >= 0.3 is 0 Å². The van der Waals surface area contributed by atoms with Gasteiger partial charge in [-0.3, -0.25) is 0 Å². The third-order valence-electron chi connectivity index (χ3n) is 7.43. The number of rotatable bonds is 6. The molecule has 0 atom stereocenters. The van der Waals surface area contributed by atoms with Crippen molar-refractivity contribution in [1.82, 2.24) is 0 Å². The largest absolute Gasteiger partial charge is 0.399 e. The molecular formula is C37H30N2. The Balaban J connectivity index is 1.75. The van der Waals surface area contributed by atoms with Gasteiger partial charge in [0.25, 0.3) is 0 Å². The first kappa shape index (κ1) is 24.3. The van der Waals surface area contributed by atoms with E-state index in [9.17, 15) is 0 Å².